The molecule has 6 nitrogen and oxygen atoms in total. The molecule has 0 aliphatic carbocycles. The molecule has 0 bridgehead atoms. The number of rotatable bonds is 6. The normalized spacial score (nSPS) is 13.1. The van der Waals surface area contributed by atoms with Gasteiger partial charge in [-0.25, -0.2) is 17.5 Å². The first kappa shape index (κ1) is 15.7. The minimum absolute atomic E-state index is 0.105. The van der Waals surface area contributed by atoms with E-state index in [4.69, 9.17) is 15.2 Å². The number of methoxy groups -OCH3 is 2. The Kier molecular flexibility index (Phi) is 5.10. The molecule has 8 heteroatoms. The maximum absolute atomic E-state index is 13.8. The third-order valence-corrected chi connectivity index (χ3v) is 4.04. The third-order valence-electron chi connectivity index (χ3n) is 2.44. The standard InChI is InChI=1S/C11H17FN2O4S/c1-7(6-13)14-19(15,16)11-5-10(18-3)9(17-2)4-8(11)12/h4-5,7,14H,6,13H2,1-3H3/t7-/m1/s1. The monoisotopic (exact) mass is 292 g/mol. The summed E-state index contributed by atoms with van der Waals surface area (Å²) in [6.07, 6.45) is 0. The summed E-state index contributed by atoms with van der Waals surface area (Å²) < 4.78 is 49.9. The van der Waals surface area contributed by atoms with Crippen LogP contribution in [0.15, 0.2) is 17.0 Å². The molecule has 0 amide bonds. The topological polar surface area (TPSA) is 90.7 Å². The summed E-state index contributed by atoms with van der Waals surface area (Å²) >= 11 is 0. The Balaban J connectivity index is 3.27. The van der Waals surface area contributed by atoms with Gasteiger partial charge in [0.1, 0.15) is 10.7 Å². The van der Waals surface area contributed by atoms with Crippen LogP contribution in [0.25, 0.3) is 0 Å². The fourth-order valence-electron chi connectivity index (χ4n) is 1.42. The molecule has 0 unspecified atom stereocenters. The van der Waals surface area contributed by atoms with Gasteiger partial charge in [0.2, 0.25) is 10.0 Å². The van der Waals surface area contributed by atoms with Gasteiger partial charge in [-0.3, -0.25) is 0 Å². The van der Waals surface area contributed by atoms with Crippen LogP contribution in [0, 0.1) is 5.82 Å². The van der Waals surface area contributed by atoms with Crippen LogP contribution in [-0.2, 0) is 10.0 Å². The van der Waals surface area contributed by atoms with Crippen molar-refractivity contribution in [2.24, 2.45) is 5.73 Å². The lowest BCUT2D eigenvalue weighted by Gasteiger charge is -2.14. The zero-order valence-corrected chi connectivity index (χ0v) is 11.8. The van der Waals surface area contributed by atoms with Crippen LogP contribution in [0.3, 0.4) is 0 Å². The van der Waals surface area contributed by atoms with Gasteiger partial charge in [0.05, 0.1) is 14.2 Å². The summed E-state index contributed by atoms with van der Waals surface area (Å²) in [4.78, 5) is -0.509. The van der Waals surface area contributed by atoms with E-state index >= 15 is 0 Å². The highest BCUT2D eigenvalue weighted by Crippen LogP contribution is 2.31. The number of hydrogen-bond donors (Lipinski definition) is 2. The number of ether oxygens (including phenoxy) is 2. The van der Waals surface area contributed by atoms with Crippen LogP contribution >= 0.6 is 0 Å². The number of nitrogens with one attached hydrogen (secondary N) is 1. The predicted molar refractivity (Wildman–Crippen MR) is 68.3 cm³/mol. The lowest BCUT2D eigenvalue weighted by Crippen LogP contribution is -2.38. The van der Waals surface area contributed by atoms with E-state index in [1.165, 1.54) is 14.2 Å². The molecule has 0 aliphatic rings. The molecule has 0 heterocycles. The van der Waals surface area contributed by atoms with Gasteiger partial charge < -0.3 is 15.2 Å². The molecule has 19 heavy (non-hydrogen) atoms. The molecule has 0 saturated carbocycles. The molecular weight excluding hydrogens is 275 g/mol. The molecule has 0 aliphatic heterocycles. The first-order valence-corrected chi connectivity index (χ1v) is 6.98. The highest BCUT2D eigenvalue weighted by molar-refractivity contribution is 7.89. The van der Waals surface area contributed by atoms with Gasteiger partial charge in [-0.2, -0.15) is 0 Å². The van der Waals surface area contributed by atoms with E-state index in [9.17, 15) is 12.8 Å². The average molecular weight is 292 g/mol. The SMILES string of the molecule is COc1cc(F)c(S(=O)(=O)N[C@H](C)CN)cc1OC. The van der Waals surface area contributed by atoms with E-state index in [1.54, 1.807) is 6.92 Å². The van der Waals surface area contributed by atoms with Crippen molar-refractivity contribution < 1.29 is 22.3 Å². The minimum atomic E-state index is -4.00. The lowest BCUT2D eigenvalue weighted by molar-refractivity contribution is 0.350. The highest BCUT2D eigenvalue weighted by Gasteiger charge is 2.23. The first-order valence-electron chi connectivity index (χ1n) is 5.49. The second-order valence-electron chi connectivity index (χ2n) is 3.90. The van der Waals surface area contributed by atoms with Crippen LogP contribution in [0.2, 0.25) is 0 Å². The molecule has 0 fully saturated rings. The zero-order valence-electron chi connectivity index (χ0n) is 10.9. The van der Waals surface area contributed by atoms with Crippen molar-refractivity contribution in [3.05, 3.63) is 17.9 Å². The number of benzene rings is 1. The maximum Gasteiger partial charge on any atom is 0.243 e. The quantitative estimate of drug-likeness (QED) is 0.795. The van der Waals surface area contributed by atoms with Crippen LogP contribution in [0.1, 0.15) is 6.92 Å². The smallest absolute Gasteiger partial charge is 0.243 e. The van der Waals surface area contributed by atoms with Crippen LogP contribution in [0.5, 0.6) is 11.5 Å². The Morgan fingerprint density at radius 3 is 2.32 bits per heavy atom. The minimum Gasteiger partial charge on any atom is -0.493 e. The Hall–Kier alpha value is -1.38. The fourth-order valence-corrected chi connectivity index (χ4v) is 2.75. The summed E-state index contributed by atoms with van der Waals surface area (Å²) in [6, 6.07) is 1.53. The molecule has 1 aromatic rings. The van der Waals surface area contributed by atoms with Crippen molar-refractivity contribution in [1.29, 1.82) is 0 Å². The summed E-state index contributed by atoms with van der Waals surface area (Å²) in [5.74, 6) is -0.676. The molecule has 1 rings (SSSR count). The Morgan fingerprint density at radius 1 is 1.32 bits per heavy atom. The van der Waals surface area contributed by atoms with Crippen molar-refractivity contribution in [2.75, 3.05) is 20.8 Å². The lowest BCUT2D eigenvalue weighted by atomic mass is 10.3. The second-order valence-corrected chi connectivity index (χ2v) is 5.58. The molecule has 1 aromatic carbocycles. The van der Waals surface area contributed by atoms with Crippen LogP contribution in [0.4, 0.5) is 4.39 Å². The average Bonchev–Trinajstić information content (AvgIpc) is 2.37. The van der Waals surface area contributed by atoms with Crippen LogP contribution < -0.4 is 19.9 Å². The second kappa shape index (κ2) is 6.18. The van der Waals surface area contributed by atoms with Crippen molar-refractivity contribution in [1.82, 2.24) is 4.72 Å². The molecule has 1 atom stereocenters. The first-order chi connectivity index (χ1) is 8.85. The highest BCUT2D eigenvalue weighted by atomic mass is 32.2. The number of hydrogen-bond acceptors (Lipinski definition) is 5. The van der Waals surface area contributed by atoms with E-state index in [2.05, 4.69) is 4.72 Å². The predicted octanol–water partition coefficient (Wildman–Crippen LogP) is 0.468. The van der Waals surface area contributed by atoms with Crippen LogP contribution in [-0.4, -0.2) is 35.2 Å². The molecule has 3 N–H and O–H groups in total. The van der Waals surface area contributed by atoms with E-state index < -0.39 is 26.8 Å². The molecule has 0 saturated heterocycles. The van der Waals surface area contributed by atoms with E-state index in [1.807, 2.05) is 0 Å². The summed E-state index contributed by atoms with van der Waals surface area (Å²) in [5.41, 5.74) is 5.33. The van der Waals surface area contributed by atoms with E-state index in [-0.39, 0.29) is 18.0 Å². The summed E-state index contributed by atoms with van der Waals surface area (Å²) in [7, 11) is -1.33. The number of sulfonamides is 1. The molecule has 0 radical (unpaired) electrons. The Morgan fingerprint density at radius 2 is 1.84 bits per heavy atom. The van der Waals surface area contributed by atoms with Gasteiger partial charge in [-0.15, -0.1) is 0 Å². The van der Waals surface area contributed by atoms with Gasteiger partial charge in [0.15, 0.2) is 11.5 Å². The van der Waals surface area contributed by atoms with Gasteiger partial charge >= 0.3 is 0 Å². The number of nitrogens with two attached hydrogens (primary N) is 1. The van der Waals surface area contributed by atoms with Crippen molar-refractivity contribution >= 4 is 10.0 Å². The van der Waals surface area contributed by atoms with Gasteiger partial charge in [-0.1, -0.05) is 0 Å². The van der Waals surface area contributed by atoms with E-state index in [0.29, 0.717) is 0 Å². The van der Waals surface area contributed by atoms with Crippen molar-refractivity contribution in [3.8, 4) is 11.5 Å². The Bertz CT molecular complexity index is 548. The van der Waals surface area contributed by atoms with Gasteiger partial charge in [0, 0.05) is 24.7 Å². The maximum atomic E-state index is 13.8. The summed E-state index contributed by atoms with van der Waals surface area (Å²) in [5, 5.41) is 0. The van der Waals surface area contributed by atoms with Crippen molar-refractivity contribution in [2.45, 2.75) is 17.9 Å². The molecular formula is C11H17FN2O4S. The molecule has 0 spiro atoms. The zero-order chi connectivity index (χ0) is 14.6. The van der Waals surface area contributed by atoms with E-state index in [0.717, 1.165) is 12.1 Å². The largest absolute Gasteiger partial charge is 0.493 e. The van der Waals surface area contributed by atoms with Gasteiger partial charge in [-0.05, 0) is 6.92 Å². The molecule has 108 valence electrons. The summed E-state index contributed by atoms with van der Waals surface area (Å²) in [6.45, 7) is 1.68. The molecule has 0 aromatic heterocycles. The van der Waals surface area contributed by atoms with Gasteiger partial charge in [0.25, 0.3) is 0 Å². The Labute approximate surface area is 111 Å². The van der Waals surface area contributed by atoms with Crippen molar-refractivity contribution in [3.63, 3.8) is 0 Å². The fraction of sp³-hybridized carbons (Fsp3) is 0.455. The third kappa shape index (κ3) is 3.55. The number of halogens is 1.